The molecule has 10 heteroatoms. The van der Waals surface area contributed by atoms with Crippen LogP contribution < -0.4 is 5.32 Å². The van der Waals surface area contributed by atoms with Gasteiger partial charge in [-0.15, -0.1) is 0 Å². The highest BCUT2D eigenvalue weighted by Crippen LogP contribution is 2.45. The van der Waals surface area contributed by atoms with E-state index in [4.69, 9.17) is 9.57 Å². The molecule has 1 atom stereocenters. The number of hydrogen-bond acceptors (Lipinski definition) is 8. The van der Waals surface area contributed by atoms with Crippen LogP contribution >= 0.6 is 0 Å². The molecule has 0 aromatic heterocycles. The molecule has 2 aliphatic heterocycles. The quantitative estimate of drug-likeness (QED) is 0.341. The number of carbonyl (C=O) groups is 5. The molecular weight excluding hydrogens is 466 g/mol. The molecule has 4 amide bonds. The number of carbonyl (C=O) groups excluding carboxylic acids is 5. The first-order chi connectivity index (χ1) is 17.4. The highest BCUT2D eigenvalue weighted by Gasteiger charge is 2.35. The van der Waals surface area contributed by atoms with Crippen LogP contribution in [0.3, 0.4) is 0 Å². The number of nitrogens with one attached hydrogen (secondary N) is 1. The molecular formula is C26H23N3O7. The first-order valence-electron chi connectivity index (χ1n) is 11.6. The summed E-state index contributed by atoms with van der Waals surface area (Å²) in [7, 11) is 0. The van der Waals surface area contributed by atoms with E-state index in [9.17, 15) is 24.0 Å². The minimum Gasteiger partial charge on any atom is -0.432 e. The largest absolute Gasteiger partial charge is 0.533 e. The van der Waals surface area contributed by atoms with Crippen molar-refractivity contribution in [2.24, 2.45) is 0 Å². The van der Waals surface area contributed by atoms with Gasteiger partial charge in [0.2, 0.25) is 0 Å². The van der Waals surface area contributed by atoms with Gasteiger partial charge in [0, 0.05) is 49.7 Å². The molecule has 1 fully saturated rings. The van der Waals surface area contributed by atoms with Gasteiger partial charge in [-0.3, -0.25) is 28.9 Å². The van der Waals surface area contributed by atoms with Crippen molar-refractivity contribution < 1.29 is 33.5 Å². The third-order valence-electron chi connectivity index (χ3n) is 6.38. The molecule has 1 aliphatic carbocycles. The Hall–Kier alpha value is -4.47. The molecule has 1 unspecified atom stereocenters. The van der Waals surface area contributed by atoms with Crippen LogP contribution in [0.25, 0.3) is 11.1 Å². The number of nitrogens with zero attached hydrogens (tertiary/aromatic N) is 2. The van der Waals surface area contributed by atoms with Gasteiger partial charge in [-0.2, -0.15) is 0 Å². The van der Waals surface area contributed by atoms with Crippen molar-refractivity contribution in [1.29, 1.82) is 0 Å². The number of fused-ring (bicyclic) bond motifs is 3. The van der Waals surface area contributed by atoms with Gasteiger partial charge in [-0.05, 0) is 40.8 Å². The fourth-order valence-corrected chi connectivity index (χ4v) is 4.63. The van der Waals surface area contributed by atoms with Crippen molar-refractivity contribution in [3.05, 3.63) is 65.7 Å². The summed E-state index contributed by atoms with van der Waals surface area (Å²) in [6.07, 6.45) is 2.03. The van der Waals surface area contributed by atoms with Crippen LogP contribution in [0.4, 0.5) is 10.5 Å². The average molecular weight is 489 g/mol. The first kappa shape index (κ1) is 23.3. The van der Waals surface area contributed by atoms with Crippen LogP contribution in [0.5, 0.6) is 0 Å². The normalized spacial score (nSPS) is 18.1. The van der Waals surface area contributed by atoms with Gasteiger partial charge in [0.15, 0.2) is 0 Å². The van der Waals surface area contributed by atoms with E-state index in [-0.39, 0.29) is 37.2 Å². The van der Waals surface area contributed by atoms with Crippen molar-refractivity contribution in [3.63, 3.8) is 0 Å². The highest BCUT2D eigenvalue weighted by atomic mass is 16.8. The number of benzene rings is 2. The van der Waals surface area contributed by atoms with Crippen LogP contribution in [0.1, 0.15) is 36.3 Å². The Bertz CT molecular complexity index is 1270. The van der Waals surface area contributed by atoms with E-state index < -0.39 is 18.0 Å². The fourth-order valence-electron chi connectivity index (χ4n) is 4.63. The average Bonchev–Trinajstić information content (AvgIpc) is 3.49. The smallest absolute Gasteiger partial charge is 0.432 e. The number of amides is 4. The summed E-state index contributed by atoms with van der Waals surface area (Å²) in [6, 6.07) is 13.7. The first-order valence-corrected chi connectivity index (χ1v) is 11.6. The Morgan fingerprint density at radius 3 is 2.36 bits per heavy atom. The molecule has 2 aromatic carbocycles. The second-order valence-electron chi connectivity index (χ2n) is 8.62. The SMILES string of the molecule is O=C(OCC1c2ccccc2-c2ccc(NCCCN3C(=O)C=CC3=O)cc21)ON1C(=O)CCC1=O. The van der Waals surface area contributed by atoms with Gasteiger partial charge in [0.05, 0.1) is 0 Å². The van der Waals surface area contributed by atoms with Gasteiger partial charge >= 0.3 is 6.16 Å². The summed E-state index contributed by atoms with van der Waals surface area (Å²) in [5.41, 5.74) is 4.84. The predicted octanol–water partition coefficient (Wildman–Crippen LogP) is 2.74. The van der Waals surface area contributed by atoms with Crippen LogP contribution in [-0.2, 0) is 28.8 Å². The van der Waals surface area contributed by atoms with E-state index in [2.05, 4.69) is 5.32 Å². The van der Waals surface area contributed by atoms with Crippen molar-refractivity contribution in [3.8, 4) is 11.1 Å². The third kappa shape index (κ3) is 4.45. The summed E-state index contributed by atoms with van der Waals surface area (Å²) in [5.74, 6) is -2.00. The lowest BCUT2D eigenvalue weighted by Gasteiger charge is -2.17. The van der Waals surface area contributed by atoms with E-state index in [1.807, 2.05) is 42.5 Å². The molecule has 1 N–H and O–H groups in total. The number of anilines is 1. The van der Waals surface area contributed by atoms with Crippen molar-refractivity contribution in [2.45, 2.75) is 25.2 Å². The highest BCUT2D eigenvalue weighted by molar-refractivity contribution is 6.12. The Morgan fingerprint density at radius 1 is 0.917 bits per heavy atom. The van der Waals surface area contributed by atoms with E-state index in [0.717, 1.165) is 27.9 Å². The Kier molecular flexibility index (Phi) is 6.24. The summed E-state index contributed by atoms with van der Waals surface area (Å²) in [5, 5.41) is 3.77. The number of hydroxylamine groups is 2. The lowest BCUT2D eigenvalue weighted by Crippen LogP contribution is -2.32. The van der Waals surface area contributed by atoms with Crippen LogP contribution in [0.2, 0.25) is 0 Å². The van der Waals surface area contributed by atoms with E-state index >= 15 is 0 Å². The maximum absolute atomic E-state index is 12.2. The molecule has 0 spiro atoms. The van der Waals surface area contributed by atoms with Crippen LogP contribution in [-0.4, -0.2) is 59.4 Å². The van der Waals surface area contributed by atoms with Gasteiger partial charge in [0.1, 0.15) is 6.61 Å². The zero-order valence-electron chi connectivity index (χ0n) is 19.3. The van der Waals surface area contributed by atoms with E-state index in [0.29, 0.717) is 24.6 Å². The molecule has 1 saturated heterocycles. The lowest BCUT2D eigenvalue weighted by molar-refractivity contribution is -0.177. The maximum Gasteiger partial charge on any atom is 0.533 e. The monoisotopic (exact) mass is 489 g/mol. The molecule has 0 radical (unpaired) electrons. The molecule has 3 aliphatic rings. The van der Waals surface area contributed by atoms with Crippen molar-refractivity contribution in [2.75, 3.05) is 25.0 Å². The molecule has 5 rings (SSSR count). The van der Waals surface area contributed by atoms with Gasteiger partial charge < -0.3 is 10.1 Å². The number of ether oxygens (including phenoxy) is 1. The topological polar surface area (TPSA) is 122 Å². The summed E-state index contributed by atoms with van der Waals surface area (Å²) >= 11 is 0. The molecule has 2 heterocycles. The summed E-state index contributed by atoms with van der Waals surface area (Å²) in [4.78, 5) is 65.0. The standard InChI is InChI=1S/C26H23N3O7/c30-22-8-9-23(31)28(22)13-3-12-27-16-6-7-19-17-4-1-2-5-18(17)21(20(19)14-16)15-35-26(34)36-29-24(32)10-11-25(29)33/h1-2,4-9,14,21,27H,3,10-13,15H2. The second kappa shape index (κ2) is 9.65. The van der Waals surface area contributed by atoms with E-state index in [1.54, 1.807) is 0 Å². The second-order valence-corrected chi connectivity index (χ2v) is 8.62. The van der Waals surface area contributed by atoms with Gasteiger partial charge in [-0.25, -0.2) is 4.79 Å². The number of rotatable bonds is 8. The number of hydrogen-bond donors (Lipinski definition) is 1. The third-order valence-corrected chi connectivity index (χ3v) is 6.38. The summed E-state index contributed by atoms with van der Waals surface area (Å²) < 4.78 is 5.31. The Morgan fingerprint density at radius 2 is 1.61 bits per heavy atom. The Balaban J connectivity index is 1.24. The zero-order valence-corrected chi connectivity index (χ0v) is 19.3. The van der Waals surface area contributed by atoms with Crippen LogP contribution in [0, 0.1) is 0 Å². The Labute approximate surface area is 206 Å². The molecule has 0 bridgehead atoms. The van der Waals surface area contributed by atoms with E-state index in [1.165, 1.54) is 17.1 Å². The minimum absolute atomic E-state index is 0.00675. The predicted molar refractivity (Wildman–Crippen MR) is 126 cm³/mol. The molecule has 184 valence electrons. The van der Waals surface area contributed by atoms with Crippen molar-refractivity contribution in [1.82, 2.24) is 9.96 Å². The molecule has 36 heavy (non-hydrogen) atoms. The fraction of sp³-hybridized carbons (Fsp3) is 0.269. The number of imide groups is 2. The molecule has 0 saturated carbocycles. The zero-order chi connectivity index (χ0) is 25.2. The molecule has 10 nitrogen and oxygen atoms in total. The molecule has 2 aromatic rings. The summed E-state index contributed by atoms with van der Waals surface area (Å²) in [6.45, 7) is 0.845. The van der Waals surface area contributed by atoms with Gasteiger partial charge in [-0.1, -0.05) is 35.4 Å². The maximum atomic E-state index is 12.2. The minimum atomic E-state index is -1.11. The van der Waals surface area contributed by atoms with Crippen LogP contribution in [0.15, 0.2) is 54.6 Å². The lowest BCUT2D eigenvalue weighted by atomic mass is 9.97. The van der Waals surface area contributed by atoms with Gasteiger partial charge in [0.25, 0.3) is 23.6 Å². The van der Waals surface area contributed by atoms with Crippen molar-refractivity contribution >= 4 is 35.5 Å².